The molecule has 3 N–H and O–H groups in total. The molecule has 0 radical (unpaired) electrons. The summed E-state index contributed by atoms with van der Waals surface area (Å²) >= 11 is 0. The number of aliphatic hydroxyl groups excluding tert-OH is 1. The lowest BCUT2D eigenvalue weighted by Gasteiger charge is -2.29. The van der Waals surface area contributed by atoms with E-state index in [-0.39, 0.29) is 29.9 Å². The van der Waals surface area contributed by atoms with Crippen LogP contribution in [0.2, 0.25) is 0 Å². The third kappa shape index (κ3) is 5.19. The van der Waals surface area contributed by atoms with Gasteiger partial charge in [0, 0.05) is 6.04 Å². The smallest absolute Gasteiger partial charge is 0.255 e. The number of aliphatic hydroxyl groups is 1. The number of amides is 2. The first-order valence-electron chi connectivity index (χ1n) is 8.84. The maximum atomic E-state index is 12.6. The number of para-hydroxylation sites is 1. The van der Waals surface area contributed by atoms with Crippen LogP contribution < -0.4 is 15.4 Å². The minimum absolute atomic E-state index is 0.0483. The van der Waals surface area contributed by atoms with Gasteiger partial charge in [0.1, 0.15) is 11.8 Å². The lowest BCUT2D eigenvalue weighted by atomic mass is 9.92. The first-order valence-corrected chi connectivity index (χ1v) is 8.84. The van der Waals surface area contributed by atoms with Crippen molar-refractivity contribution in [1.82, 2.24) is 10.6 Å². The van der Waals surface area contributed by atoms with E-state index >= 15 is 0 Å². The van der Waals surface area contributed by atoms with Gasteiger partial charge in [-0.25, -0.2) is 0 Å². The zero-order chi connectivity index (χ0) is 18.4. The Bertz CT molecular complexity index is 595. The Balaban J connectivity index is 2.02. The average molecular weight is 348 g/mol. The Hall–Kier alpha value is -2.08. The van der Waals surface area contributed by atoms with E-state index in [1.807, 2.05) is 13.8 Å². The second-order valence-corrected chi connectivity index (χ2v) is 6.91. The normalized spacial score (nSPS) is 21.5. The van der Waals surface area contributed by atoms with Crippen molar-refractivity contribution in [2.75, 3.05) is 7.11 Å². The summed E-state index contributed by atoms with van der Waals surface area (Å²) < 4.78 is 5.22. The zero-order valence-electron chi connectivity index (χ0n) is 15.1. The fourth-order valence-electron chi connectivity index (χ4n) is 3.10. The zero-order valence-corrected chi connectivity index (χ0v) is 15.1. The predicted octanol–water partition coefficient (Wildman–Crippen LogP) is 1.87. The summed E-state index contributed by atoms with van der Waals surface area (Å²) in [4.78, 5) is 25.2. The lowest BCUT2D eigenvalue weighted by molar-refractivity contribution is -0.125. The van der Waals surface area contributed by atoms with E-state index in [0.29, 0.717) is 24.2 Å². The van der Waals surface area contributed by atoms with Crippen molar-refractivity contribution in [1.29, 1.82) is 0 Å². The van der Waals surface area contributed by atoms with Crippen LogP contribution in [0.4, 0.5) is 0 Å². The minimum Gasteiger partial charge on any atom is -0.496 e. The molecule has 1 saturated carbocycles. The number of nitrogens with one attached hydrogen (secondary N) is 2. The number of carbonyl (C=O) groups excluding carboxylic acids is 2. The Morgan fingerprint density at radius 1 is 1.16 bits per heavy atom. The number of benzene rings is 1. The summed E-state index contributed by atoms with van der Waals surface area (Å²) in [5, 5.41) is 15.4. The van der Waals surface area contributed by atoms with Crippen LogP contribution in [0.25, 0.3) is 0 Å². The largest absolute Gasteiger partial charge is 0.496 e. The molecule has 2 rings (SSSR count). The molecule has 1 aliphatic carbocycles. The SMILES string of the molecule is COc1ccccc1C(=O)N[C@@H](C(=O)NC1CCC(O)CC1)C(C)C. The van der Waals surface area contributed by atoms with Crippen molar-refractivity contribution in [3.63, 3.8) is 0 Å². The number of carbonyl (C=O) groups is 2. The molecular formula is C19H28N2O4. The fraction of sp³-hybridized carbons (Fsp3) is 0.579. The van der Waals surface area contributed by atoms with Crippen LogP contribution in [0.3, 0.4) is 0 Å². The highest BCUT2D eigenvalue weighted by molar-refractivity contribution is 5.99. The summed E-state index contributed by atoms with van der Waals surface area (Å²) in [6, 6.07) is 6.37. The van der Waals surface area contributed by atoms with E-state index in [2.05, 4.69) is 10.6 Å². The van der Waals surface area contributed by atoms with Crippen LogP contribution in [-0.2, 0) is 4.79 Å². The van der Waals surface area contributed by atoms with Gasteiger partial charge in [-0.05, 0) is 43.7 Å². The lowest BCUT2D eigenvalue weighted by Crippen LogP contribution is -2.52. The molecule has 0 bridgehead atoms. The topological polar surface area (TPSA) is 87.7 Å². The van der Waals surface area contributed by atoms with Crippen molar-refractivity contribution in [2.24, 2.45) is 5.92 Å². The summed E-state index contributed by atoms with van der Waals surface area (Å²) in [7, 11) is 1.51. The molecule has 1 aromatic rings. The number of ether oxygens (including phenoxy) is 1. The Morgan fingerprint density at radius 2 is 1.80 bits per heavy atom. The molecule has 1 aromatic carbocycles. The van der Waals surface area contributed by atoms with Crippen molar-refractivity contribution in [3.8, 4) is 5.75 Å². The molecule has 2 amide bonds. The molecular weight excluding hydrogens is 320 g/mol. The van der Waals surface area contributed by atoms with Crippen molar-refractivity contribution in [2.45, 2.75) is 57.7 Å². The van der Waals surface area contributed by atoms with Gasteiger partial charge in [0.15, 0.2) is 0 Å². The molecule has 0 saturated heterocycles. The van der Waals surface area contributed by atoms with Crippen LogP contribution in [0, 0.1) is 5.92 Å². The van der Waals surface area contributed by atoms with Crippen molar-refractivity contribution in [3.05, 3.63) is 29.8 Å². The van der Waals surface area contributed by atoms with Gasteiger partial charge in [-0.1, -0.05) is 26.0 Å². The van der Waals surface area contributed by atoms with Crippen LogP contribution in [0.5, 0.6) is 5.75 Å². The molecule has 25 heavy (non-hydrogen) atoms. The molecule has 0 unspecified atom stereocenters. The van der Waals surface area contributed by atoms with Gasteiger partial charge in [0.05, 0.1) is 18.8 Å². The molecule has 1 fully saturated rings. The predicted molar refractivity (Wildman–Crippen MR) is 95.5 cm³/mol. The minimum atomic E-state index is -0.621. The molecule has 0 aromatic heterocycles. The molecule has 0 heterocycles. The van der Waals surface area contributed by atoms with Gasteiger partial charge in [-0.3, -0.25) is 9.59 Å². The second kappa shape index (κ2) is 8.85. The molecule has 138 valence electrons. The highest BCUT2D eigenvalue weighted by Crippen LogP contribution is 2.20. The highest BCUT2D eigenvalue weighted by Gasteiger charge is 2.28. The van der Waals surface area contributed by atoms with E-state index in [0.717, 1.165) is 12.8 Å². The first kappa shape index (κ1) is 19.2. The Labute approximate surface area is 149 Å². The number of rotatable bonds is 6. The Morgan fingerprint density at radius 3 is 2.40 bits per heavy atom. The van der Waals surface area contributed by atoms with Gasteiger partial charge in [-0.2, -0.15) is 0 Å². The maximum Gasteiger partial charge on any atom is 0.255 e. The van der Waals surface area contributed by atoms with E-state index in [1.165, 1.54) is 7.11 Å². The summed E-state index contributed by atoms with van der Waals surface area (Å²) in [6.45, 7) is 3.80. The van der Waals surface area contributed by atoms with Crippen molar-refractivity contribution >= 4 is 11.8 Å². The van der Waals surface area contributed by atoms with Crippen molar-refractivity contribution < 1.29 is 19.4 Å². The van der Waals surface area contributed by atoms with Gasteiger partial charge in [-0.15, -0.1) is 0 Å². The Kier molecular flexibility index (Phi) is 6.82. The molecule has 6 nitrogen and oxygen atoms in total. The van der Waals surface area contributed by atoms with Crippen LogP contribution >= 0.6 is 0 Å². The van der Waals surface area contributed by atoms with Gasteiger partial charge >= 0.3 is 0 Å². The van der Waals surface area contributed by atoms with Crippen LogP contribution in [-0.4, -0.2) is 42.2 Å². The first-order chi connectivity index (χ1) is 11.9. The van der Waals surface area contributed by atoms with Crippen LogP contribution in [0.15, 0.2) is 24.3 Å². The molecule has 0 aliphatic heterocycles. The third-order valence-corrected chi connectivity index (χ3v) is 4.63. The van der Waals surface area contributed by atoms with Gasteiger partial charge in [0.2, 0.25) is 5.91 Å². The maximum absolute atomic E-state index is 12.6. The average Bonchev–Trinajstić information content (AvgIpc) is 2.60. The van der Waals surface area contributed by atoms with E-state index < -0.39 is 6.04 Å². The molecule has 1 atom stereocenters. The standard InChI is InChI=1S/C19H28N2O4/c1-12(2)17(19(24)20-13-8-10-14(22)11-9-13)21-18(23)15-6-4-5-7-16(15)25-3/h4-7,12-14,17,22H,8-11H2,1-3H3,(H,20,24)(H,21,23)/t13?,14?,17-/m1/s1. The molecule has 1 aliphatic rings. The summed E-state index contributed by atoms with van der Waals surface area (Å²) in [6.07, 6.45) is 2.66. The summed E-state index contributed by atoms with van der Waals surface area (Å²) in [5.74, 6) is -0.0815. The second-order valence-electron chi connectivity index (χ2n) is 6.91. The fourth-order valence-corrected chi connectivity index (χ4v) is 3.10. The molecule has 6 heteroatoms. The van der Waals surface area contributed by atoms with E-state index in [1.54, 1.807) is 24.3 Å². The number of hydrogen-bond acceptors (Lipinski definition) is 4. The monoisotopic (exact) mass is 348 g/mol. The number of methoxy groups -OCH3 is 1. The van der Waals surface area contributed by atoms with Gasteiger partial charge in [0.25, 0.3) is 5.91 Å². The van der Waals surface area contributed by atoms with E-state index in [9.17, 15) is 14.7 Å². The molecule has 0 spiro atoms. The van der Waals surface area contributed by atoms with Crippen LogP contribution in [0.1, 0.15) is 49.9 Å². The summed E-state index contributed by atoms with van der Waals surface area (Å²) in [5.41, 5.74) is 0.407. The third-order valence-electron chi connectivity index (χ3n) is 4.63. The quantitative estimate of drug-likeness (QED) is 0.732. The van der Waals surface area contributed by atoms with E-state index in [4.69, 9.17) is 4.74 Å². The highest BCUT2D eigenvalue weighted by atomic mass is 16.5. The van der Waals surface area contributed by atoms with Gasteiger partial charge < -0.3 is 20.5 Å². The number of hydrogen-bond donors (Lipinski definition) is 3.